The van der Waals surface area contributed by atoms with Crippen LogP contribution in [0.4, 0.5) is 0 Å². The molecule has 0 fully saturated rings. The molecule has 0 radical (unpaired) electrons. The van der Waals surface area contributed by atoms with Gasteiger partial charge in [0.25, 0.3) is 0 Å². The maximum atomic E-state index is 4.50. The lowest BCUT2D eigenvalue weighted by Gasteiger charge is -2.05. The summed E-state index contributed by atoms with van der Waals surface area (Å²) in [5.74, 6) is 1.50. The zero-order valence-electron chi connectivity index (χ0n) is 12.8. The van der Waals surface area contributed by atoms with Crippen molar-refractivity contribution in [1.82, 2.24) is 20.1 Å². The number of nitrogens with one attached hydrogen (secondary N) is 1. The van der Waals surface area contributed by atoms with Crippen LogP contribution in [0.15, 0.2) is 24.5 Å². The summed E-state index contributed by atoms with van der Waals surface area (Å²) in [6.45, 7) is 11.2. The second-order valence-electron chi connectivity index (χ2n) is 5.80. The zero-order chi connectivity index (χ0) is 14.5. The van der Waals surface area contributed by atoms with Crippen LogP contribution in [-0.2, 0) is 13.1 Å². The third kappa shape index (κ3) is 4.17. The molecule has 4 nitrogen and oxygen atoms in total. The first-order chi connectivity index (χ1) is 9.54. The summed E-state index contributed by atoms with van der Waals surface area (Å²) in [6, 6.07) is 6.53. The molecular weight excluding hydrogens is 248 g/mol. The van der Waals surface area contributed by atoms with Crippen molar-refractivity contribution in [3.8, 4) is 0 Å². The fourth-order valence-electron chi connectivity index (χ4n) is 2.05. The molecule has 1 aromatic heterocycles. The molecule has 20 heavy (non-hydrogen) atoms. The van der Waals surface area contributed by atoms with E-state index in [1.165, 1.54) is 16.7 Å². The Balaban J connectivity index is 1.93. The topological polar surface area (TPSA) is 42.7 Å². The van der Waals surface area contributed by atoms with Crippen molar-refractivity contribution in [3.05, 3.63) is 47.0 Å². The van der Waals surface area contributed by atoms with Crippen LogP contribution in [-0.4, -0.2) is 21.3 Å². The fraction of sp³-hybridized carbons (Fsp3) is 0.500. The molecule has 0 aliphatic carbocycles. The molecule has 1 heterocycles. The van der Waals surface area contributed by atoms with Gasteiger partial charge in [-0.2, -0.15) is 5.10 Å². The van der Waals surface area contributed by atoms with Crippen LogP contribution in [0.5, 0.6) is 0 Å². The molecule has 0 atom stereocenters. The van der Waals surface area contributed by atoms with Crippen molar-refractivity contribution in [2.45, 2.75) is 40.8 Å². The number of nitrogens with zero attached hydrogens (tertiary/aromatic N) is 3. The van der Waals surface area contributed by atoms with E-state index in [9.17, 15) is 0 Å². The molecule has 0 bridgehead atoms. The highest BCUT2D eigenvalue weighted by Crippen LogP contribution is 2.10. The second kappa shape index (κ2) is 6.66. The van der Waals surface area contributed by atoms with E-state index >= 15 is 0 Å². The zero-order valence-corrected chi connectivity index (χ0v) is 12.8. The average Bonchev–Trinajstić information content (AvgIpc) is 2.81. The Morgan fingerprint density at radius 1 is 1.20 bits per heavy atom. The number of aromatic nitrogens is 3. The Bertz CT molecular complexity index is 557. The molecule has 0 aliphatic heterocycles. The third-order valence-electron chi connectivity index (χ3n) is 3.34. The van der Waals surface area contributed by atoms with Crippen molar-refractivity contribution < 1.29 is 0 Å². The first kappa shape index (κ1) is 14.7. The molecule has 0 saturated heterocycles. The molecule has 2 rings (SSSR count). The number of hydrogen-bond donors (Lipinski definition) is 1. The van der Waals surface area contributed by atoms with Crippen LogP contribution < -0.4 is 5.32 Å². The van der Waals surface area contributed by atoms with Crippen LogP contribution in [0.1, 0.15) is 36.4 Å². The molecule has 0 saturated carbocycles. The van der Waals surface area contributed by atoms with E-state index in [0.29, 0.717) is 5.92 Å². The summed E-state index contributed by atoms with van der Waals surface area (Å²) in [7, 11) is 0. The summed E-state index contributed by atoms with van der Waals surface area (Å²) < 4.78 is 1.90. The van der Waals surface area contributed by atoms with Crippen molar-refractivity contribution in [2.24, 2.45) is 5.92 Å². The first-order valence-electron chi connectivity index (χ1n) is 7.20. The van der Waals surface area contributed by atoms with E-state index in [-0.39, 0.29) is 0 Å². The predicted molar refractivity (Wildman–Crippen MR) is 81.6 cm³/mol. The van der Waals surface area contributed by atoms with Crippen molar-refractivity contribution >= 4 is 0 Å². The number of rotatable bonds is 6. The average molecular weight is 272 g/mol. The molecule has 0 spiro atoms. The minimum atomic E-state index is 0.646. The molecule has 1 N–H and O–H groups in total. The quantitative estimate of drug-likeness (QED) is 0.879. The molecule has 2 aromatic rings. The molecule has 0 aliphatic rings. The number of benzene rings is 1. The second-order valence-corrected chi connectivity index (χ2v) is 5.80. The van der Waals surface area contributed by atoms with Crippen LogP contribution in [0.3, 0.4) is 0 Å². The molecule has 0 amide bonds. The standard InChI is InChI=1S/C16H24N4/c1-12(2)8-17-9-16-18-11-20(19-16)10-15-6-5-13(3)14(4)7-15/h5-7,11-12,17H,8-10H2,1-4H3. The van der Waals surface area contributed by atoms with E-state index in [0.717, 1.165) is 25.5 Å². The van der Waals surface area contributed by atoms with Gasteiger partial charge in [0.15, 0.2) is 5.82 Å². The Hall–Kier alpha value is -1.68. The van der Waals surface area contributed by atoms with E-state index in [1.54, 1.807) is 0 Å². The number of hydrogen-bond acceptors (Lipinski definition) is 3. The van der Waals surface area contributed by atoms with Gasteiger partial charge in [-0.15, -0.1) is 0 Å². The highest BCUT2D eigenvalue weighted by molar-refractivity contribution is 5.29. The minimum Gasteiger partial charge on any atom is -0.310 e. The Kier molecular flexibility index (Phi) is 4.90. The SMILES string of the molecule is Cc1ccc(Cn2cnc(CNCC(C)C)n2)cc1C. The largest absolute Gasteiger partial charge is 0.310 e. The lowest BCUT2D eigenvalue weighted by atomic mass is 10.1. The maximum absolute atomic E-state index is 4.50. The maximum Gasteiger partial charge on any atom is 0.164 e. The van der Waals surface area contributed by atoms with Crippen LogP contribution in [0.2, 0.25) is 0 Å². The highest BCUT2D eigenvalue weighted by Gasteiger charge is 2.03. The van der Waals surface area contributed by atoms with E-state index < -0.39 is 0 Å². The van der Waals surface area contributed by atoms with Crippen LogP contribution >= 0.6 is 0 Å². The van der Waals surface area contributed by atoms with E-state index in [4.69, 9.17) is 0 Å². The van der Waals surface area contributed by atoms with E-state index in [2.05, 4.69) is 61.3 Å². The van der Waals surface area contributed by atoms with Crippen molar-refractivity contribution in [1.29, 1.82) is 0 Å². The predicted octanol–water partition coefficient (Wildman–Crippen LogP) is 2.69. The van der Waals surface area contributed by atoms with Gasteiger partial charge in [-0.05, 0) is 43.0 Å². The normalized spacial score (nSPS) is 11.2. The molecule has 1 aromatic carbocycles. The van der Waals surface area contributed by atoms with Gasteiger partial charge in [0.1, 0.15) is 6.33 Å². The monoisotopic (exact) mass is 272 g/mol. The van der Waals surface area contributed by atoms with Crippen molar-refractivity contribution in [3.63, 3.8) is 0 Å². The lowest BCUT2D eigenvalue weighted by Crippen LogP contribution is -2.19. The molecular formula is C16H24N4. The smallest absolute Gasteiger partial charge is 0.164 e. The van der Waals surface area contributed by atoms with Gasteiger partial charge in [0.2, 0.25) is 0 Å². The Labute approximate surface area is 121 Å². The summed E-state index contributed by atoms with van der Waals surface area (Å²) in [5.41, 5.74) is 3.91. The van der Waals surface area contributed by atoms with Gasteiger partial charge in [-0.25, -0.2) is 9.67 Å². The summed E-state index contributed by atoms with van der Waals surface area (Å²) in [4.78, 5) is 4.34. The summed E-state index contributed by atoms with van der Waals surface area (Å²) in [6.07, 6.45) is 1.81. The van der Waals surface area contributed by atoms with Crippen LogP contribution in [0.25, 0.3) is 0 Å². The van der Waals surface area contributed by atoms with E-state index in [1.807, 2.05) is 11.0 Å². The number of aryl methyl sites for hydroxylation is 2. The van der Waals surface area contributed by atoms with Crippen molar-refractivity contribution in [2.75, 3.05) is 6.54 Å². The Morgan fingerprint density at radius 2 is 2.00 bits per heavy atom. The summed E-state index contributed by atoms with van der Waals surface area (Å²) >= 11 is 0. The summed E-state index contributed by atoms with van der Waals surface area (Å²) in [5, 5.41) is 7.85. The molecule has 4 heteroatoms. The van der Waals surface area contributed by atoms with Gasteiger partial charge in [0.05, 0.1) is 13.1 Å². The van der Waals surface area contributed by atoms with Gasteiger partial charge in [-0.1, -0.05) is 32.0 Å². The molecule has 0 unspecified atom stereocenters. The highest BCUT2D eigenvalue weighted by atomic mass is 15.3. The van der Waals surface area contributed by atoms with Crippen LogP contribution in [0, 0.1) is 19.8 Å². The Morgan fingerprint density at radius 3 is 2.70 bits per heavy atom. The van der Waals surface area contributed by atoms with Gasteiger partial charge in [0, 0.05) is 0 Å². The third-order valence-corrected chi connectivity index (χ3v) is 3.34. The fourth-order valence-corrected chi connectivity index (χ4v) is 2.05. The first-order valence-corrected chi connectivity index (χ1v) is 7.20. The van der Waals surface area contributed by atoms with Gasteiger partial charge < -0.3 is 5.32 Å². The molecule has 108 valence electrons. The van der Waals surface area contributed by atoms with Gasteiger partial charge >= 0.3 is 0 Å². The minimum absolute atomic E-state index is 0.646. The van der Waals surface area contributed by atoms with Gasteiger partial charge in [-0.3, -0.25) is 0 Å². The lowest BCUT2D eigenvalue weighted by molar-refractivity contribution is 0.539.